The minimum Gasteiger partial charge on any atom is -0.348 e. The zero-order chi connectivity index (χ0) is 20.6. The van der Waals surface area contributed by atoms with Crippen LogP contribution in [0.2, 0.25) is 0 Å². The second kappa shape index (κ2) is 7.35. The van der Waals surface area contributed by atoms with Crippen molar-refractivity contribution in [3.8, 4) is 0 Å². The molecule has 150 valence electrons. The molecule has 6 nitrogen and oxygen atoms in total. The largest absolute Gasteiger partial charge is 0.348 e. The van der Waals surface area contributed by atoms with Crippen LogP contribution < -0.4 is 10.6 Å². The maximum Gasteiger partial charge on any atom is 0.325 e. The Hall–Kier alpha value is -3.15. The molecule has 0 radical (unpaired) electrons. The highest BCUT2D eigenvalue weighted by Gasteiger charge is 2.49. The quantitative estimate of drug-likeness (QED) is 0.787. The van der Waals surface area contributed by atoms with Crippen molar-refractivity contribution in [2.45, 2.75) is 44.7 Å². The van der Waals surface area contributed by atoms with E-state index in [9.17, 15) is 14.4 Å². The van der Waals surface area contributed by atoms with Gasteiger partial charge in [0.25, 0.3) is 5.91 Å². The molecule has 2 aliphatic rings. The van der Waals surface area contributed by atoms with Gasteiger partial charge in [-0.2, -0.15) is 0 Å². The summed E-state index contributed by atoms with van der Waals surface area (Å²) in [4.78, 5) is 39.2. The van der Waals surface area contributed by atoms with Gasteiger partial charge in [-0.05, 0) is 49.8 Å². The summed E-state index contributed by atoms with van der Waals surface area (Å²) in [6, 6.07) is 14.9. The van der Waals surface area contributed by atoms with Gasteiger partial charge >= 0.3 is 6.03 Å². The molecule has 2 aromatic carbocycles. The number of nitrogens with one attached hydrogen (secondary N) is 2. The number of carbonyl (C=O) groups is 3. The van der Waals surface area contributed by atoms with E-state index < -0.39 is 17.5 Å². The molecular weight excluding hydrogens is 366 g/mol. The van der Waals surface area contributed by atoms with Crippen molar-refractivity contribution >= 4 is 17.8 Å². The van der Waals surface area contributed by atoms with E-state index in [1.54, 1.807) is 6.92 Å². The number of imide groups is 1. The molecule has 4 rings (SSSR count). The summed E-state index contributed by atoms with van der Waals surface area (Å²) in [5, 5.41) is 5.75. The van der Waals surface area contributed by atoms with E-state index in [1.165, 1.54) is 5.56 Å². The van der Waals surface area contributed by atoms with Gasteiger partial charge in [-0.25, -0.2) is 4.79 Å². The van der Waals surface area contributed by atoms with Crippen LogP contribution in [0.3, 0.4) is 0 Å². The predicted octanol–water partition coefficient (Wildman–Crippen LogP) is 2.96. The summed E-state index contributed by atoms with van der Waals surface area (Å²) in [6.07, 6.45) is 2.85. The van der Waals surface area contributed by atoms with Crippen molar-refractivity contribution in [3.63, 3.8) is 0 Å². The lowest BCUT2D eigenvalue weighted by Crippen LogP contribution is -2.44. The van der Waals surface area contributed by atoms with Crippen molar-refractivity contribution in [1.82, 2.24) is 15.5 Å². The predicted molar refractivity (Wildman–Crippen MR) is 109 cm³/mol. The molecule has 0 unspecified atom stereocenters. The van der Waals surface area contributed by atoms with E-state index >= 15 is 0 Å². The molecule has 4 amide bonds. The molecule has 2 N–H and O–H groups in total. The van der Waals surface area contributed by atoms with Crippen LogP contribution in [0.15, 0.2) is 48.5 Å². The molecule has 0 spiro atoms. The zero-order valence-corrected chi connectivity index (χ0v) is 16.7. The van der Waals surface area contributed by atoms with Gasteiger partial charge in [0.15, 0.2) is 0 Å². The van der Waals surface area contributed by atoms with E-state index in [0.717, 1.165) is 35.3 Å². The lowest BCUT2D eigenvalue weighted by molar-refractivity contribution is -0.135. The number of aryl methyl sites for hydroxylation is 2. The fourth-order valence-electron chi connectivity index (χ4n) is 4.21. The third kappa shape index (κ3) is 3.50. The number of benzene rings is 2. The molecule has 1 fully saturated rings. The maximum absolute atomic E-state index is 13.0. The Kier molecular flexibility index (Phi) is 4.86. The number of hydrogen-bond acceptors (Lipinski definition) is 3. The highest BCUT2D eigenvalue weighted by Crippen LogP contribution is 2.31. The first-order valence-electron chi connectivity index (χ1n) is 9.97. The molecule has 0 saturated carbocycles. The van der Waals surface area contributed by atoms with Crippen LogP contribution in [0.25, 0.3) is 0 Å². The minimum atomic E-state index is -1.16. The molecule has 2 atom stereocenters. The summed E-state index contributed by atoms with van der Waals surface area (Å²) >= 11 is 0. The van der Waals surface area contributed by atoms with Gasteiger partial charge in [0.05, 0.1) is 6.04 Å². The normalized spacial score (nSPS) is 23.5. The van der Waals surface area contributed by atoms with Gasteiger partial charge in [0.1, 0.15) is 12.1 Å². The molecule has 6 heteroatoms. The number of carbonyl (C=O) groups excluding carboxylic acids is 3. The van der Waals surface area contributed by atoms with Crippen molar-refractivity contribution in [1.29, 1.82) is 0 Å². The first kappa shape index (κ1) is 19.2. The fourth-order valence-corrected chi connectivity index (χ4v) is 4.21. The Morgan fingerprint density at radius 3 is 2.66 bits per heavy atom. The average Bonchev–Trinajstić information content (AvgIpc) is 2.92. The van der Waals surface area contributed by atoms with Crippen LogP contribution >= 0.6 is 0 Å². The summed E-state index contributed by atoms with van der Waals surface area (Å²) in [6.45, 7) is 3.35. The van der Waals surface area contributed by atoms with Gasteiger partial charge < -0.3 is 10.6 Å². The van der Waals surface area contributed by atoms with Crippen LogP contribution in [0.5, 0.6) is 0 Å². The number of amides is 4. The zero-order valence-electron chi connectivity index (χ0n) is 16.7. The first-order chi connectivity index (χ1) is 13.9. The van der Waals surface area contributed by atoms with Crippen molar-refractivity contribution in [3.05, 3.63) is 70.8 Å². The molecule has 1 saturated heterocycles. The lowest BCUT2D eigenvalue weighted by Gasteiger charge is -2.27. The van der Waals surface area contributed by atoms with Crippen LogP contribution in [0.4, 0.5) is 4.79 Å². The Morgan fingerprint density at radius 2 is 1.90 bits per heavy atom. The molecule has 29 heavy (non-hydrogen) atoms. The van der Waals surface area contributed by atoms with Crippen LogP contribution in [-0.2, 0) is 21.5 Å². The van der Waals surface area contributed by atoms with Crippen molar-refractivity contribution in [2.24, 2.45) is 0 Å². The van der Waals surface area contributed by atoms with Gasteiger partial charge in [-0.1, -0.05) is 54.1 Å². The van der Waals surface area contributed by atoms with Crippen LogP contribution in [-0.4, -0.2) is 29.3 Å². The molecule has 0 bridgehead atoms. The molecule has 1 aliphatic heterocycles. The second-order valence-corrected chi connectivity index (χ2v) is 8.02. The van der Waals surface area contributed by atoms with E-state index in [-0.39, 0.29) is 18.5 Å². The van der Waals surface area contributed by atoms with Gasteiger partial charge in [0, 0.05) is 0 Å². The highest BCUT2D eigenvalue weighted by molar-refractivity contribution is 6.09. The average molecular weight is 391 g/mol. The summed E-state index contributed by atoms with van der Waals surface area (Å²) < 4.78 is 0. The lowest BCUT2D eigenvalue weighted by atomic mass is 9.88. The first-order valence-corrected chi connectivity index (χ1v) is 9.97. The van der Waals surface area contributed by atoms with Crippen LogP contribution in [0, 0.1) is 6.92 Å². The smallest absolute Gasteiger partial charge is 0.325 e. The highest BCUT2D eigenvalue weighted by atomic mass is 16.2. The summed E-state index contributed by atoms with van der Waals surface area (Å²) in [7, 11) is 0. The van der Waals surface area contributed by atoms with Gasteiger partial charge in [0.2, 0.25) is 5.91 Å². The van der Waals surface area contributed by atoms with Crippen LogP contribution in [0.1, 0.15) is 48.1 Å². The number of urea groups is 1. The Balaban J connectivity index is 1.47. The maximum atomic E-state index is 13.0. The summed E-state index contributed by atoms with van der Waals surface area (Å²) in [5.41, 5.74) is 2.96. The van der Waals surface area contributed by atoms with E-state index in [0.29, 0.717) is 5.56 Å². The van der Waals surface area contributed by atoms with Crippen molar-refractivity contribution < 1.29 is 14.4 Å². The van der Waals surface area contributed by atoms with E-state index in [2.05, 4.69) is 16.7 Å². The monoisotopic (exact) mass is 391 g/mol. The number of fused-ring (bicyclic) bond motifs is 1. The minimum absolute atomic E-state index is 0.0864. The van der Waals surface area contributed by atoms with Gasteiger partial charge in [-0.15, -0.1) is 0 Å². The number of nitrogens with zero attached hydrogens (tertiary/aromatic N) is 1. The van der Waals surface area contributed by atoms with E-state index in [4.69, 9.17) is 0 Å². The molecule has 2 aromatic rings. The Morgan fingerprint density at radius 1 is 1.17 bits per heavy atom. The van der Waals surface area contributed by atoms with E-state index in [1.807, 2.05) is 49.4 Å². The van der Waals surface area contributed by atoms with Gasteiger partial charge in [-0.3, -0.25) is 14.5 Å². The third-order valence-corrected chi connectivity index (χ3v) is 5.91. The third-order valence-electron chi connectivity index (χ3n) is 5.91. The summed E-state index contributed by atoms with van der Waals surface area (Å²) in [5.74, 6) is -0.742. The standard InChI is InChI=1S/C23H25N3O3/c1-15-10-12-17(13-11-15)23(2)21(28)26(22(29)25-23)14-20(27)24-19-9-5-7-16-6-3-4-8-18(16)19/h3-4,6,8,10-13,19H,5,7,9,14H2,1-2H3,(H,24,27)(H,25,29)/t19-,23-/m1/s1. The molecular formula is C23H25N3O3. The SMILES string of the molecule is Cc1ccc([C@@]2(C)NC(=O)N(CC(=O)N[C@@H]3CCCc4ccccc43)C2=O)cc1. The Bertz CT molecular complexity index is 970. The topological polar surface area (TPSA) is 78.5 Å². The molecule has 1 aliphatic carbocycles. The number of rotatable bonds is 4. The number of hydrogen-bond donors (Lipinski definition) is 2. The second-order valence-electron chi connectivity index (χ2n) is 8.02. The fraction of sp³-hybridized carbons (Fsp3) is 0.348. The Labute approximate surface area is 170 Å². The molecule has 0 aromatic heterocycles. The molecule has 1 heterocycles. The van der Waals surface area contributed by atoms with Crippen molar-refractivity contribution in [2.75, 3.05) is 6.54 Å².